The summed E-state index contributed by atoms with van der Waals surface area (Å²) in [6, 6.07) is 70.5. The first-order chi connectivity index (χ1) is 29.8. The zero-order chi connectivity index (χ0) is 39.1. The van der Waals surface area contributed by atoms with Gasteiger partial charge in [0.15, 0.2) is 5.82 Å². The molecule has 276 valence electrons. The summed E-state index contributed by atoms with van der Waals surface area (Å²) >= 11 is 0. The Balaban J connectivity index is 1.18. The third kappa shape index (κ3) is 4.14. The van der Waals surface area contributed by atoms with Gasteiger partial charge in [-0.1, -0.05) is 152 Å². The molecule has 0 saturated heterocycles. The molecule has 1 aliphatic carbocycles. The summed E-state index contributed by atoms with van der Waals surface area (Å²) in [6.07, 6.45) is 0. The number of nitrogens with zero attached hydrogens (tertiary/aromatic N) is 4. The molecule has 14 rings (SSSR count). The van der Waals surface area contributed by atoms with Crippen molar-refractivity contribution in [3.05, 3.63) is 194 Å². The molecule has 0 bridgehead atoms. The molecule has 1 aliphatic rings. The van der Waals surface area contributed by atoms with Gasteiger partial charge in [-0.3, -0.25) is 4.57 Å². The number of hydrogen-bond donors (Lipinski definition) is 0. The molecule has 3 heterocycles. The van der Waals surface area contributed by atoms with E-state index in [2.05, 4.69) is 203 Å². The molecule has 10 aromatic carbocycles. The van der Waals surface area contributed by atoms with E-state index in [1.54, 1.807) is 0 Å². The van der Waals surface area contributed by atoms with E-state index in [9.17, 15) is 0 Å². The lowest BCUT2D eigenvalue weighted by Crippen LogP contribution is -2.04. The van der Waals surface area contributed by atoms with Gasteiger partial charge >= 0.3 is 0 Å². The van der Waals surface area contributed by atoms with Crippen LogP contribution in [0, 0.1) is 0 Å². The highest BCUT2D eigenvalue weighted by Crippen LogP contribution is 2.52. The molecule has 0 saturated carbocycles. The van der Waals surface area contributed by atoms with Gasteiger partial charge in [0.1, 0.15) is 5.69 Å². The normalized spacial score (nSPS) is 12.3. The van der Waals surface area contributed by atoms with Crippen molar-refractivity contribution in [3.63, 3.8) is 0 Å². The van der Waals surface area contributed by atoms with Crippen molar-refractivity contribution in [2.45, 2.75) is 0 Å². The van der Waals surface area contributed by atoms with Gasteiger partial charge in [-0.2, -0.15) is 0 Å². The molecule has 0 fully saturated rings. The monoisotopic (exact) mass is 760 g/mol. The van der Waals surface area contributed by atoms with Crippen molar-refractivity contribution < 1.29 is 0 Å². The van der Waals surface area contributed by atoms with E-state index < -0.39 is 0 Å². The smallest absolute Gasteiger partial charge is 0.165 e. The Hall–Kier alpha value is -8.08. The van der Waals surface area contributed by atoms with E-state index in [0.29, 0.717) is 0 Å². The maximum atomic E-state index is 5.74. The van der Waals surface area contributed by atoms with Gasteiger partial charge < -0.3 is 4.57 Å². The number of fused-ring (bicyclic) bond motifs is 12. The zero-order valence-corrected chi connectivity index (χ0v) is 32.3. The van der Waals surface area contributed by atoms with Gasteiger partial charge in [-0.25, -0.2) is 9.97 Å². The van der Waals surface area contributed by atoms with Gasteiger partial charge in [0.25, 0.3) is 0 Å². The fourth-order valence-corrected chi connectivity index (χ4v) is 10.5. The molecular formula is C56H32N4. The Morgan fingerprint density at radius 2 is 0.983 bits per heavy atom. The minimum Gasteiger partial charge on any atom is -0.309 e. The third-order valence-corrected chi connectivity index (χ3v) is 13.0. The van der Waals surface area contributed by atoms with Crippen molar-refractivity contribution in [2.24, 2.45) is 0 Å². The molecule has 0 unspecified atom stereocenters. The van der Waals surface area contributed by atoms with Crippen LogP contribution in [0.5, 0.6) is 0 Å². The minimum absolute atomic E-state index is 0.817. The predicted molar refractivity (Wildman–Crippen MR) is 251 cm³/mol. The van der Waals surface area contributed by atoms with Crippen LogP contribution in [0.2, 0.25) is 0 Å². The largest absolute Gasteiger partial charge is 0.309 e. The Labute approximate surface area is 343 Å². The van der Waals surface area contributed by atoms with Gasteiger partial charge in [-0.05, 0) is 80.9 Å². The van der Waals surface area contributed by atoms with E-state index in [-0.39, 0.29) is 0 Å². The summed E-state index contributed by atoms with van der Waals surface area (Å²) in [5, 5.41) is 12.1. The second-order valence-electron chi connectivity index (χ2n) is 16.0. The number of benzene rings is 10. The zero-order valence-electron chi connectivity index (χ0n) is 32.3. The first-order valence-corrected chi connectivity index (χ1v) is 20.6. The van der Waals surface area contributed by atoms with Crippen LogP contribution in [-0.4, -0.2) is 19.1 Å². The molecule has 0 aliphatic heterocycles. The molecule has 3 aromatic heterocycles. The summed E-state index contributed by atoms with van der Waals surface area (Å²) in [5.74, 6) is 0.817. The molecule has 0 spiro atoms. The topological polar surface area (TPSA) is 35.6 Å². The average molecular weight is 761 g/mol. The second kappa shape index (κ2) is 11.8. The Bertz CT molecular complexity index is 4000. The number of para-hydroxylation sites is 2. The summed E-state index contributed by atoms with van der Waals surface area (Å²) in [6.45, 7) is 0. The quantitative estimate of drug-likeness (QED) is 0.168. The first kappa shape index (κ1) is 31.9. The number of rotatable bonds is 3. The Kier molecular flexibility index (Phi) is 6.26. The van der Waals surface area contributed by atoms with Crippen LogP contribution in [-0.2, 0) is 0 Å². The van der Waals surface area contributed by atoms with Crippen LogP contribution < -0.4 is 0 Å². The van der Waals surface area contributed by atoms with E-state index >= 15 is 0 Å². The molecular weight excluding hydrogens is 729 g/mol. The van der Waals surface area contributed by atoms with Crippen molar-refractivity contribution in [1.29, 1.82) is 0 Å². The summed E-state index contributed by atoms with van der Waals surface area (Å²) in [5.41, 5.74) is 14.3. The molecule has 60 heavy (non-hydrogen) atoms. The van der Waals surface area contributed by atoms with Gasteiger partial charge in [-0.15, -0.1) is 0 Å². The SMILES string of the molecule is c1ccc(-n2c3ccccc3c3cc(-c4nc5c(ccc6ccccc65)nc4-n4c5cccc6c5c5c7c(cccc7c7ccccc7c54)-c4ccccc4-6)ccc32)cc1. The average Bonchev–Trinajstić information content (AvgIpc) is 3.80. The molecule has 0 atom stereocenters. The fourth-order valence-electron chi connectivity index (χ4n) is 10.5. The maximum absolute atomic E-state index is 5.74. The maximum Gasteiger partial charge on any atom is 0.165 e. The van der Waals surface area contributed by atoms with Crippen molar-refractivity contribution in [3.8, 4) is 45.0 Å². The Morgan fingerprint density at radius 3 is 1.83 bits per heavy atom. The van der Waals surface area contributed by atoms with Crippen molar-refractivity contribution in [1.82, 2.24) is 19.1 Å². The van der Waals surface area contributed by atoms with Gasteiger partial charge in [0.2, 0.25) is 0 Å². The van der Waals surface area contributed by atoms with Crippen LogP contribution >= 0.6 is 0 Å². The lowest BCUT2D eigenvalue weighted by molar-refractivity contribution is 1.08. The standard InChI is InChI=1S/C56H32N4/c1-2-15-35(16-3-1)59-47-26-11-10-21-40(47)45-32-34(29-31-48(45)59)53-56(57-46-30-28-33-14-4-5-17-36(33)54(46)58-53)60-49-27-13-25-43-38-19-7-6-18-37(38)41-23-12-24-42-39-20-8-9-22-44(39)55(60)52(50(41)42)51(43)49/h1-32H. The van der Waals surface area contributed by atoms with Crippen molar-refractivity contribution >= 4 is 87.0 Å². The van der Waals surface area contributed by atoms with E-state index in [4.69, 9.17) is 9.97 Å². The summed E-state index contributed by atoms with van der Waals surface area (Å²) in [7, 11) is 0. The van der Waals surface area contributed by atoms with Crippen LogP contribution in [0.15, 0.2) is 194 Å². The second-order valence-corrected chi connectivity index (χ2v) is 16.0. The van der Waals surface area contributed by atoms with Crippen LogP contribution in [0.1, 0.15) is 0 Å². The molecule has 0 amide bonds. The molecule has 0 radical (unpaired) electrons. The fraction of sp³-hybridized carbons (Fsp3) is 0. The molecule has 4 heteroatoms. The third-order valence-electron chi connectivity index (χ3n) is 13.0. The van der Waals surface area contributed by atoms with E-state index in [0.717, 1.165) is 61.1 Å². The summed E-state index contributed by atoms with van der Waals surface area (Å²) in [4.78, 5) is 11.5. The van der Waals surface area contributed by atoms with Gasteiger partial charge in [0.05, 0.1) is 33.1 Å². The van der Waals surface area contributed by atoms with Crippen LogP contribution in [0.4, 0.5) is 0 Å². The van der Waals surface area contributed by atoms with Crippen LogP contribution in [0.3, 0.4) is 0 Å². The number of hydrogen-bond acceptors (Lipinski definition) is 2. The highest BCUT2D eigenvalue weighted by Gasteiger charge is 2.29. The van der Waals surface area contributed by atoms with Crippen molar-refractivity contribution in [2.75, 3.05) is 0 Å². The summed E-state index contributed by atoms with van der Waals surface area (Å²) < 4.78 is 4.81. The molecule has 0 N–H and O–H groups in total. The lowest BCUT2D eigenvalue weighted by Gasteiger charge is -2.18. The van der Waals surface area contributed by atoms with E-state index in [1.807, 2.05) is 0 Å². The molecule has 13 aromatic rings. The predicted octanol–water partition coefficient (Wildman–Crippen LogP) is 14.6. The highest BCUT2D eigenvalue weighted by molar-refractivity contribution is 6.38. The van der Waals surface area contributed by atoms with Gasteiger partial charge in [0, 0.05) is 49.0 Å². The minimum atomic E-state index is 0.817. The molecule has 4 nitrogen and oxygen atoms in total. The number of aromatic nitrogens is 4. The lowest BCUT2D eigenvalue weighted by atomic mass is 9.91. The van der Waals surface area contributed by atoms with E-state index in [1.165, 1.54) is 70.9 Å². The van der Waals surface area contributed by atoms with Crippen LogP contribution in [0.25, 0.3) is 132 Å². The highest BCUT2D eigenvalue weighted by atomic mass is 15.1. The Morgan fingerprint density at radius 1 is 0.350 bits per heavy atom. The first-order valence-electron chi connectivity index (χ1n) is 20.6.